The molecule has 0 bridgehead atoms. The second-order valence-corrected chi connectivity index (χ2v) is 5.84. The van der Waals surface area contributed by atoms with Crippen LogP contribution in [0.4, 0.5) is 0 Å². The maximum absolute atomic E-state index is 12.5. The van der Waals surface area contributed by atoms with Crippen molar-refractivity contribution in [2.24, 2.45) is 0 Å². The number of hydrogen-bond acceptors (Lipinski definition) is 3. The number of amides is 1. The quantitative estimate of drug-likeness (QED) is 0.773. The second kappa shape index (κ2) is 8.34. The molecule has 0 aliphatic rings. The Bertz CT molecular complexity index is 609. The average molecular weight is 312 g/mol. The standard InChI is InChI=1S/C19H24N2O2/c1-21(2)18(16-8-4-3-5-9-16)19(23)20-14-6-7-15-10-12-17(22)13-11-15/h3-5,8-13,18,22H,6-7,14H2,1-2H3,(H,20,23). The number of nitrogens with one attached hydrogen (secondary N) is 1. The number of likely N-dealkylation sites (N-methyl/N-ethyl adjacent to an activating group) is 1. The predicted octanol–water partition coefficient (Wildman–Crippen LogP) is 2.74. The van der Waals surface area contributed by atoms with Crippen molar-refractivity contribution in [3.8, 4) is 5.75 Å². The fraction of sp³-hybridized carbons (Fsp3) is 0.316. The number of rotatable bonds is 7. The van der Waals surface area contributed by atoms with Crippen LogP contribution in [0.25, 0.3) is 0 Å². The third kappa shape index (κ3) is 5.11. The molecule has 0 saturated heterocycles. The van der Waals surface area contributed by atoms with Crippen molar-refractivity contribution in [2.75, 3.05) is 20.6 Å². The zero-order valence-corrected chi connectivity index (χ0v) is 13.7. The van der Waals surface area contributed by atoms with Crippen LogP contribution >= 0.6 is 0 Å². The topological polar surface area (TPSA) is 52.6 Å². The molecule has 4 nitrogen and oxygen atoms in total. The second-order valence-electron chi connectivity index (χ2n) is 5.84. The van der Waals surface area contributed by atoms with Crippen LogP contribution in [0.3, 0.4) is 0 Å². The number of aryl methyl sites for hydroxylation is 1. The van der Waals surface area contributed by atoms with Crippen LogP contribution in [0.2, 0.25) is 0 Å². The Morgan fingerprint density at radius 3 is 2.35 bits per heavy atom. The van der Waals surface area contributed by atoms with Crippen LogP contribution in [0.5, 0.6) is 5.75 Å². The Labute approximate surface area is 137 Å². The van der Waals surface area contributed by atoms with E-state index in [0.29, 0.717) is 6.54 Å². The van der Waals surface area contributed by atoms with Crippen LogP contribution < -0.4 is 5.32 Å². The average Bonchev–Trinajstić information content (AvgIpc) is 2.54. The third-order valence-corrected chi connectivity index (χ3v) is 3.76. The lowest BCUT2D eigenvalue weighted by Crippen LogP contribution is -2.37. The van der Waals surface area contributed by atoms with E-state index < -0.39 is 0 Å². The number of hydrogen-bond donors (Lipinski definition) is 2. The van der Waals surface area contributed by atoms with Gasteiger partial charge in [-0.1, -0.05) is 42.5 Å². The molecular weight excluding hydrogens is 288 g/mol. The lowest BCUT2D eigenvalue weighted by molar-refractivity contribution is -0.125. The molecule has 0 saturated carbocycles. The van der Waals surface area contributed by atoms with E-state index in [1.54, 1.807) is 12.1 Å². The summed E-state index contributed by atoms with van der Waals surface area (Å²) >= 11 is 0. The first-order valence-electron chi connectivity index (χ1n) is 7.85. The first kappa shape index (κ1) is 17.0. The van der Waals surface area contributed by atoms with Gasteiger partial charge in [0, 0.05) is 6.54 Å². The van der Waals surface area contributed by atoms with E-state index in [-0.39, 0.29) is 17.7 Å². The molecule has 2 N–H and O–H groups in total. The Balaban J connectivity index is 1.84. The molecule has 0 heterocycles. The van der Waals surface area contributed by atoms with Gasteiger partial charge in [0.1, 0.15) is 11.8 Å². The van der Waals surface area contributed by atoms with Crippen LogP contribution in [-0.4, -0.2) is 36.6 Å². The number of carbonyl (C=O) groups is 1. The van der Waals surface area contributed by atoms with E-state index in [1.165, 1.54) is 0 Å². The maximum Gasteiger partial charge on any atom is 0.241 e. The molecule has 0 radical (unpaired) electrons. The molecule has 2 aromatic rings. The minimum atomic E-state index is -0.273. The van der Waals surface area contributed by atoms with Crippen LogP contribution in [0.15, 0.2) is 54.6 Å². The van der Waals surface area contributed by atoms with Crippen molar-refractivity contribution in [1.29, 1.82) is 0 Å². The molecule has 0 fully saturated rings. The van der Waals surface area contributed by atoms with E-state index in [4.69, 9.17) is 0 Å². The number of carbonyl (C=O) groups excluding carboxylic acids is 1. The first-order chi connectivity index (χ1) is 11.1. The van der Waals surface area contributed by atoms with E-state index in [2.05, 4.69) is 5.32 Å². The SMILES string of the molecule is CN(C)C(C(=O)NCCCc1ccc(O)cc1)c1ccccc1. The van der Waals surface area contributed by atoms with Gasteiger partial charge in [-0.2, -0.15) is 0 Å². The van der Waals surface area contributed by atoms with Crippen molar-refractivity contribution in [1.82, 2.24) is 10.2 Å². The van der Waals surface area contributed by atoms with E-state index >= 15 is 0 Å². The highest BCUT2D eigenvalue weighted by Gasteiger charge is 2.21. The van der Waals surface area contributed by atoms with Gasteiger partial charge in [0.05, 0.1) is 0 Å². The Kier molecular flexibility index (Phi) is 6.18. The largest absolute Gasteiger partial charge is 0.508 e. The zero-order chi connectivity index (χ0) is 16.7. The van der Waals surface area contributed by atoms with Crippen molar-refractivity contribution in [2.45, 2.75) is 18.9 Å². The van der Waals surface area contributed by atoms with E-state index in [9.17, 15) is 9.90 Å². The molecule has 0 aliphatic carbocycles. The van der Waals surface area contributed by atoms with E-state index in [1.807, 2.05) is 61.5 Å². The summed E-state index contributed by atoms with van der Waals surface area (Å²) in [4.78, 5) is 14.4. The molecule has 1 amide bonds. The minimum absolute atomic E-state index is 0.0203. The number of nitrogens with zero attached hydrogens (tertiary/aromatic N) is 1. The molecule has 0 aromatic heterocycles. The Morgan fingerprint density at radius 2 is 1.74 bits per heavy atom. The third-order valence-electron chi connectivity index (χ3n) is 3.76. The van der Waals surface area contributed by atoms with Gasteiger partial charge >= 0.3 is 0 Å². The molecular formula is C19H24N2O2. The van der Waals surface area contributed by atoms with Gasteiger partial charge in [0.2, 0.25) is 5.91 Å². The van der Waals surface area contributed by atoms with Crippen molar-refractivity contribution in [3.63, 3.8) is 0 Å². The van der Waals surface area contributed by atoms with Gasteiger partial charge in [0.25, 0.3) is 0 Å². The monoisotopic (exact) mass is 312 g/mol. The first-order valence-corrected chi connectivity index (χ1v) is 7.85. The van der Waals surface area contributed by atoms with Crippen molar-refractivity contribution in [3.05, 3.63) is 65.7 Å². The summed E-state index contributed by atoms with van der Waals surface area (Å²) < 4.78 is 0. The summed E-state index contributed by atoms with van der Waals surface area (Å²) in [7, 11) is 3.82. The Morgan fingerprint density at radius 1 is 1.09 bits per heavy atom. The number of aromatic hydroxyl groups is 1. The van der Waals surface area contributed by atoms with Crippen LogP contribution in [-0.2, 0) is 11.2 Å². The van der Waals surface area contributed by atoms with E-state index in [0.717, 1.165) is 24.0 Å². The van der Waals surface area contributed by atoms with Gasteiger partial charge in [-0.05, 0) is 50.2 Å². The summed E-state index contributed by atoms with van der Waals surface area (Å²) in [5.74, 6) is 0.297. The summed E-state index contributed by atoms with van der Waals surface area (Å²) in [5, 5.41) is 12.3. The molecule has 1 atom stereocenters. The summed E-state index contributed by atoms with van der Waals surface area (Å²) in [6.07, 6.45) is 1.74. The lowest BCUT2D eigenvalue weighted by atomic mass is 10.1. The predicted molar refractivity (Wildman–Crippen MR) is 92.3 cm³/mol. The maximum atomic E-state index is 12.5. The molecule has 2 rings (SSSR count). The summed E-state index contributed by atoms with van der Waals surface area (Å²) in [6, 6.07) is 16.7. The normalized spacial score (nSPS) is 12.1. The molecule has 122 valence electrons. The van der Waals surface area contributed by atoms with Gasteiger partial charge < -0.3 is 10.4 Å². The molecule has 2 aromatic carbocycles. The number of phenolic OH excluding ortho intramolecular Hbond substituents is 1. The summed E-state index contributed by atoms with van der Waals surface area (Å²) in [5.41, 5.74) is 2.15. The molecule has 23 heavy (non-hydrogen) atoms. The highest BCUT2D eigenvalue weighted by atomic mass is 16.3. The number of benzene rings is 2. The fourth-order valence-corrected chi connectivity index (χ4v) is 2.58. The molecule has 4 heteroatoms. The Hall–Kier alpha value is -2.33. The molecule has 0 aliphatic heterocycles. The number of phenols is 1. The van der Waals surface area contributed by atoms with Crippen molar-refractivity contribution < 1.29 is 9.90 Å². The minimum Gasteiger partial charge on any atom is -0.508 e. The van der Waals surface area contributed by atoms with Crippen LogP contribution in [0, 0.1) is 0 Å². The zero-order valence-electron chi connectivity index (χ0n) is 13.7. The van der Waals surface area contributed by atoms with Crippen molar-refractivity contribution >= 4 is 5.91 Å². The smallest absolute Gasteiger partial charge is 0.241 e. The fourth-order valence-electron chi connectivity index (χ4n) is 2.58. The molecule has 0 spiro atoms. The molecule has 1 unspecified atom stereocenters. The summed E-state index contributed by atoms with van der Waals surface area (Å²) in [6.45, 7) is 0.636. The van der Waals surface area contributed by atoms with Gasteiger partial charge in [-0.25, -0.2) is 0 Å². The lowest BCUT2D eigenvalue weighted by Gasteiger charge is -2.23. The van der Waals surface area contributed by atoms with Gasteiger partial charge in [-0.3, -0.25) is 9.69 Å². The van der Waals surface area contributed by atoms with Gasteiger partial charge in [0.15, 0.2) is 0 Å². The highest BCUT2D eigenvalue weighted by Crippen LogP contribution is 2.18. The van der Waals surface area contributed by atoms with Gasteiger partial charge in [-0.15, -0.1) is 0 Å². The van der Waals surface area contributed by atoms with Crippen LogP contribution in [0.1, 0.15) is 23.6 Å². The highest BCUT2D eigenvalue weighted by molar-refractivity contribution is 5.83.